The number of Topliss-reactive ketones (excluding diaryl/α,β-unsaturated/α-hetero) is 1. The molecular weight excluding hydrogens is 140 g/mol. The van der Waals surface area contributed by atoms with E-state index < -0.39 is 0 Å². The van der Waals surface area contributed by atoms with Crippen molar-refractivity contribution >= 4 is 5.78 Å². The SMILES string of the molecule is CC(=O)c1cnc(C)c(C)n1. The summed E-state index contributed by atoms with van der Waals surface area (Å²) in [6, 6.07) is 0. The molecule has 1 heterocycles. The van der Waals surface area contributed by atoms with Gasteiger partial charge in [0.1, 0.15) is 5.69 Å². The fourth-order valence-electron chi connectivity index (χ4n) is 0.711. The molecule has 0 amide bonds. The Balaban J connectivity index is 3.15. The van der Waals surface area contributed by atoms with E-state index in [-0.39, 0.29) is 5.78 Å². The maximum atomic E-state index is 10.8. The Bertz CT molecular complexity index is 294. The van der Waals surface area contributed by atoms with Gasteiger partial charge in [-0.3, -0.25) is 9.78 Å². The van der Waals surface area contributed by atoms with Crippen molar-refractivity contribution in [2.75, 3.05) is 0 Å². The third-order valence-electron chi connectivity index (χ3n) is 1.55. The van der Waals surface area contributed by atoms with E-state index in [9.17, 15) is 4.79 Å². The summed E-state index contributed by atoms with van der Waals surface area (Å²) in [4.78, 5) is 18.9. The fourth-order valence-corrected chi connectivity index (χ4v) is 0.711. The monoisotopic (exact) mass is 150 g/mol. The van der Waals surface area contributed by atoms with Crippen LogP contribution in [-0.4, -0.2) is 15.8 Å². The average Bonchev–Trinajstić information content (AvgIpc) is 1.94. The summed E-state index contributed by atoms with van der Waals surface area (Å²) in [5.74, 6) is -0.0411. The summed E-state index contributed by atoms with van der Waals surface area (Å²) in [5, 5.41) is 0. The van der Waals surface area contributed by atoms with Crippen LogP contribution in [0.25, 0.3) is 0 Å². The molecule has 0 aromatic carbocycles. The molecule has 0 N–H and O–H groups in total. The van der Waals surface area contributed by atoms with Gasteiger partial charge in [-0.15, -0.1) is 0 Å². The lowest BCUT2D eigenvalue weighted by atomic mass is 10.3. The van der Waals surface area contributed by atoms with Crippen LogP contribution in [0.4, 0.5) is 0 Å². The Hall–Kier alpha value is -1.25. The van der Waals surface area contributed by atoms with E-state index in [4.69, 9.17) is 0 Å². The second kappa shape index (κ2) is 2.78. The van der Waals surface area contributed by atoms with Gasteiger partial charge in [0.05, 0.1) is 17.6 Å². The molecule has 1 aromatic heterocycles. The van der Waals surface area contributed by atoms with E-state index in [0.29, 0.717) is 5.69 Å². The lowest BCUT2D eigenvalue weighted by Crippen LogP contribution is -2.01. The van der Waals surface area contributed by atoms with Crippen molar-refractivity contribution in [3.8, 4) is 0 Å². The van der Waals surface area contributed by atoms with Crippen molar-refractivity contribution in [2.24, 2.45) is 0 Å². The zero-order chi connectivity index (χ0) is 8.43. The van der Waals surface area contributed by atoms with Gasteiger partial charge >= 0.3 is 0 Å². The first-order chi connectivity index (χ1) is 5.11. The van der Waals surface area contributed by atoms with Crippen molar-refractivity contribution in [2.45, 2.75) is 20.8 Å². The first-order valence-electron chi connectivity index (χ1n) is 3.42. The normalized spacial score (nSPS) is 9.73. The number of carbonyl (C=O) groups is 1. The summed E-state index contributed by atoms with van der Waals surface area (Å²) >= 11 is 0. The van der Waals surface area contributed by atoms with Gasteiger partial charge in [-0.25, -0.2) is 4.98 Å². The molecular formula is C8H10N2O. The molecule has 0 atom stereocenters. The molecule has 58 valence electrons. The largest absolute Gasteiger partial charge is 0.293 e. The fraction of sp³-hybridized carbons (Fsp3) is 0.375. The molecule has 0 spiro atoms. The molecule has 3 nitrogen and oxygen atoms in total. The van der Waals surface area contributed by atoms with Crippen LogP contribution in [0.5, 0.6) is 0 Å². The van der Waals surface area contributed by atoms with Crippen LogP contribution in [0.1, 0.15) is 28.8 Å². The minimum absolute atomic E-state index is 0.0411. The van der Waals surface area contributed by atoms with Gasteiger partial charge in [-0.1, -0.05) is 0 Å². The third-order valence-corrected chi connectivity index (χ3v) is 1.55. The Morgan fingerprint density at radius 2 is 2.00 bits per heavy atom. The molecule has 1 aromatic rings. The van der Waals surface area contributed by atoms with E-state index in [0.717, 1.165) is 11.4 Å². The summed E-state index contributed by atoms with van der Waals surface area (Å²) < 4.78 is 0. The number of aryl methyl sites for hydroxylation is 2. The first-order valence-corrected chi connectivity index (χ1v) is 3.42. The highest BCUT2D eigenvalue weighted by atomic mass is 16.1. The third kappa shape index (κ3) is 1.61. The average molecular weight is 150 g/mol. The molecule has 0 radical (unpaired) electrons. The maximum absolute atomic E-state index is 10.8. The van der Waals surface area contributed by atoms with Crippen molar-refractivity contribution in [1.29, 1.82) is 0 Å². The Morgan fingerprint density at radius 3 is 2.45 bits per heavy atom. The predicted octanol–water partition coefficient (Wildman–Crippen LogP) is 1.30. The van der Waals surface area contributed by atoms with Crippen LogP contribution in [0.2, 0.25) is 0 Å². The van der Waals surface area contributed by atoms with Crippen molar-refractivity contribution in [1.82, 2.24) is 9.97 Å². The van der Waals surface area contributed by atoms with Gasteiger partial charge < -0.3 is 0 Å². The number of hydrogen-bond acceptors (Lipinski definition) is 3. The predicted molar refractivity (Wildman–Crippen MR) is 41.5 cm³/mol. The van der Waals surface area contributed by atoms with Crippen LogP contribution >= 0.6 is 0 Å². The molecule has 0 aliphatic heterocycles. The number of carbonyl (C=O) groups excluding carboxylic acids is 1. The maximum Gasteiger partial charge on any atom is 0.179 e. The molecule has 0 aliphatic carbocycles. The summed E-state index contributed by atoms with van der Waals surface area (Å²) in [7, 11) is 0. The van der Waals surface area contributed by atoms with Crippen LogP contribution in [0.15, 0.2) is 6.20 Å². The number of aromatic nitrogens is 2. The highest BCUT2D eigenvalue weighted by Gasteiger charge is 2.02. The van der Waals surface area contributed by atoms with Gasteiger partial charge in [-0.05, 0) is 13.8 Å². The van der Waals surface area contributed by atoms with E-state index in [2.05, 4.69) is 9.97 Å². The molecule has 0 aliphatic rings. The van der Waals surface area contributed by atoms with Crippen LogP contribution in [-0.2, 0) is 0 Å². The van der Waals surface area contributed by atoms with Crippen LogP contribution < -0.4 is 0 Å². The quantitative estimate of drug-likeness (QED) is 0.566. The minimum Gasteiger partial charge on any atom is -0.293 e. The standard InChI is InChI=1S/C8H10N2O/c1-5-6(2)10-8(4-9-5)7(3)11/h4H,1-3H3. The van der Waals surface area contributed by atoms with E-state index in [1.54, 1.807) is 0 Å². The van der Waals surface area contributed by atoms with Gasteiger partial charge in [0.15, 0.2) is 5.78 Å². The molecule has 0 saturated heterocycles. The number of hydrogen-bond donors (Lipinski definition) is 0. The van der Waals surface area contributed by atoms with E-state index in [1.165, 1.54) is 13.1 Å². The summed E-state index contributed by atoms with van der Waals surface area (Å²) in [5.41, 5.74) is 2.13. The lowest BCUT2D eigenvalue weighted by molar-refractivity contribution is 0.101. The van der Waals surface area contributed by atoms with E-state index in [1.807, 2.05) is 13.8 Å². The highest BCUT2D eigenvalue weighted by Crippen LogP contribution is 2.00. The smallest absolute Gasteiger partial charge is 0.179 e. The molecule has 0 bridgehead atoms. The Labute approximate surface area is 65.5 Å². The molecule has 0 fully saturated rings. The zero-order valence-corrected chi connectivity index (χ0v) is 6.88. The topological polar surface area (TPSA) is 42.9 Å². The Kier molecular flexibility index (Phi) is 1.98. The van der Waals surface area contributed by atoms with Crippen LogP contribution in [0, 0.1) is 13.8 Å². The summed E-state index contributed by atoms with van der Waals surface area (Å²) in [6.45, 7) is 5.19. The van der Waals surface area contributed by atoms with Gasteiger partial charge in [0, 0.05) is 6.92 Å². The number of nitrogens with zero attached hydrogens (tertiary/aromatic N) is 2. The molecule has 11 heavy (non-hydrogen) atoms. The second-order valence-electron chi connectivity index (χ2n) is 2.48. The van der Waals surface area contributed by atoms with Crippen LogP contribution in [0.3, 0.4) is 0 Å². The first kappa shape index (κ1) is 7.85. The molecule has 0 saturated carbocycles. The zero-order valence-electron chi connectivity index (χ0n) is 6.88. The highest BCUT2D eigenvalue weighted by molar-refractivity contribution is 5.91. The van der Waals surface area contributed by atoms with Crippen molar-refractivity contribution in [3.05, 3.63) is 23.3 Å². The molecule has 3 heteroatoms. The van der Waals surface area contributed by atoms with Crippen molar-refractivity contribution in [3.63, 3.8) is 0 Å². The Morgan fingerprint density at radius 1 is 1.36 bits per heavy atom. The lowest BCUT2D eigenvalue weighted by Gasteiger charge is -1.98. The molecule has 0 unspecified atom stereocenters. The summed E-state index contributed by atoms with van der Waals surface area (Å²) in [6.07, 6.45) is 1.50. The molecule has 1 rings (SSSR count). The minimum atomic E-state index is -0.0411. The van der Waals surface area contributed by atoms with E-state index >= 15 is 0 Å². The van der Waals surface area contributed by atoms with Gasteiger partial charge in [-0.2, -0.15) is 0 Å². The number of ketones is 1. The van der Waals surface area contributed by atoms with Gasteiger partial charge in [0.2, 0.25) is 0 Å². The van der Waals surface area contributed by atoms with Crippen molar-refractivity contribution < 1.29 is 4.79 Å². The second-order valence-corrected chi connectivity index (χ2v) is 2.48. The number of rotatable bonds is 1. The van der Waals surface area contributed by atoms with Gasteiger partial charge in [0.25, 0.3) is 0 Å².